The smallest absolute Gasteiger partial charge is 0.152 e. The Morgan fingerprint density at radius 1 is 1.29 bits per heavy atom. The standard InChI is InChI=1S/C17H22N4/c1-4-10-19-17(12-18,16-8-6-5-7-9-16)13-21-15(3)11-14(2)20-21/h5-9,11,19H,4,10,13H2,1-3H3. The van der Waals surface area contributed by atoms with E-state index in [0.29, 0.717) is 6.54 Å². The van der Waals surface area contributed by atoms with Crippen molar-refractivity contribution < 1.29 is 0 Å². The Morgan fingerprint density at radius 2 is 2.00 bits per heavy atom. The van der Waals surface area contributed by atoms with E-state index in [-0.39, 0.29) is 0 Å². The SMILES string of the molecule is CCCNC(C#N)(Cn1nc(C)cc1C)c1ccccc1. The van der Waals surface area contributed by atoms with Crippen LogP contribution in [-0.2, 0) is 12.1 Å². The van der Waals surface area contributed by atoms with Gasteiger partial charge in [-0.05, 0) is 38.4 Å². The predicted molar refractivity (Wildman–Crippen MR) is 83.7 cm³/mol. The van der Waals surface area contributed by atoms with Gasteiger partial charge >= 0.3 is 0 Å². The molecule has 1 atom stereocenters. The highest BCUT2D eigenvalue weighted by Gasteiger charge is 2.33. The van der Waals surface area contributed by atoms with Gasteiger partial charge in [0.05, 0.1) is 18.3 Å². The molecule has 0 saturated heterocycles. The number of nitriles is 1. The highest BCUT2D eigenvalue weighted by Crippen LogP contribution is 2.23. The Kier molecular flexibility index (Phi) is 4.77. The van der Waals surface area contributed by atoms with Gasteiger partial charge in [-0.25, -0.2) is 0 Å². The first-order valence-electron chi connectivity index (χ1n) is 7.34. The van der Waals surface area contributed by atoms with Gasteiger partial charge in [0.25, 0.3) is 0 Å². The van der Waals surface area contributed by atoms with Crippen LogP contribution in [0.1, 0.15) is 30.3 Å². The van der Waals surface area contributed by atoms with Crippen molar-refractivity contribution in [3.05, 3.63) is 53.3 Å². The van der Waals surface area contributed by atoms with Gasteiger partial charge in [-0.1, -0.05) is 37.3 Å². The first kappa shape index (κ1) is 15.3. The Labute approximate surface area is 126 Å². The Balaban J connectivity index is 2.40. The van der Waals surface area contributed by atoms with E-state index in [1.165, 1.54) is 0 Å². The monoisotopic (exact) mass is 282 g/mol. The molecule has 110 valence electrons. The number of benzene rings is 1. The number of rotatable bonds is 6. The first-order chi connectivity index (χ1) is 10.1. The van der Waals surface area contributed by atoms with E-state index in [2.05, 4.69) is 23.4 Å². The maximum absolute atomic E-state index is 9.86. The van der Waals surface area contributed by atoms with Crippen molar-refractivity contribution in [3.63, 3.8) is 0 Å². The molecular formula is C17H22N4. The fourth-order valence-corrected chi connectivity index (χ4v) is 2.51. The number of hydrogen-bond acceptors (Lipinski definition) is 3. The maximum atomic E-state index is 9.86. The third-order valence-corrected chi connectivity index (χ3v) is 3.62. The highest BCUT2D eigenvalue weighted by atomic mass is 15.3. The van der Waals surface area contributed by atoms with Crippen LogP contribution in [0.5, 0.6) is 0 Å². The van der Waals surface area contributed by atoms with E-state index >= 15 is 0 Å². The number of nitrogens with one attached hydrogen (secondary N) is 1. The van der Waals surface area contributed by atoms with Crippen LogP contribution in [0.4, 0.5) is 0 Å². The van der Waals surface area contributed by atoms with Crippen LogP contribution in [0, 0.1) is 25.2 Å². The number of nitrogens with zero attached hydrogens (tertiary/aromatic N) is 3. The molecule has 1 heterocycles. The normalized spacial score (nSPS) is 13.6. The lowest BCUT2D eigenvalue weighted by molar-refractivity contribution is 0.348. The zero-order valence-corrected chi connectivity index (χ0v) is 12.9. The number of aromatic nitrogens is 2. The van der Waals surface area contributed by atoms with E-state index < -0.39 is 5.54 Å². The average molecular weight is 282 g/mol. The van der Waals surface area contributed by atoms with Crippen LogP contribution in [0.2, 0.25) is 0 Å². The van der Waals surface area contributed by atoms with Crippen LogP contribution < -0.4 is 5.32 Å². The van der Waals surface area contributed by atoms with Crippen LogP contribution in [0.3, 0.4) is 0 Å². The number of aryl methyl sites for hydroxylation is 2. The lowest BCUT2D eigenvalue weighted by Gasteiger charge is -2.29. The molecule has 1 N–H and O–H groups in total. The van der Waals surface area contributed by atoms with Gasteiger partial charge in [0.15, 0.2) is 5.54 Å². The van der Waals surface area contributed by atoms with Crippen molar-refractivity contribution in [1.82, 2.24) is 15.1 Å². The molecule has 21 heavy (non-hydrogen) atoms. The van der Waals surface area contributed by atoms with E-state index in [9.17, 15) is 5.26 Å². The van der Waals surface area contributed by atoms with Gasteiger partial charge in [-0.3, -0.25) is 10.00 Å². The Morgan fingerprint density at radius 3 is 2.52 bits per heavy atom. The van der Waals surface area contributed by atoms with Crippen LogP contribution in [0.25, 0.3) is 0 Å². The topological polar surface area (TPSA) is 53.6 Å². The summed E-state index contributed by atoms with van der Waals surface area (Å²) >= 11 is 0. The fourth-order valence-electron chi connectivity index (χ4n) is 2.51. The highest BCUT2D eigenvalue weighted by molar-refractivity contribution is 5.31. The molecule has 1 unspecified atom stereocenters. The molecule has 0 aliphatic carbocycles. The average Bonchev–Trinajstić information content (AvgIpc) is 2.82. The molecule has 0 bridgehead atoms. The van der Waals surface area contributed by atoms with E-state index in [1.54, 1.807) is 0 Å². The molecular weight excluding hydrogens is 260 g/mol. The molecule has 4 heteroatoms. The van der Waals surface area contributed by atoms with E-state index in [4.69, 9.17) is 0 Å². The molecule has 2 rings (SSSR count). The zero-order chi connectivity index (χ0) is 15.3. The molecule has 0 aliphatic heterocycles. The minimum atomic E-state index is -0.750. The molecule has 0 saturated carbocycles. The summed E-state index contributed by atoms with van der Waals surface area (Å²) in [6.07, 6.45) is 0.980. The predicted octanol–water partition coefficient (Wildman–Crippen LogP) is 2.92. The van der Waals surface area contributed by atoms with Gasteiger partial charge in [0.1, 0.15) is 0 Å². The van der Waals surface area contributed by atoms with Crippen LogP contribution >= 0.6 is 0 Å². The van der Waals surface area contributed by atoms with Crippen molar-refractivity contribution in [2.24, 2.45) is 0 Å². The molecule has 1 aromatic carbocycles. The Bertz CT molecular complexity index is 624. The van der Waals surface area contributed by atoms with Crippen LogP contribution in [0.15, 0.2) is 36.4 Å². The summed E-state index contributed by atoms with van der Waals surface area (Å²) in [5.41, 5.74) is 2.28. The zero-order valence-electron chi connectivity index (χ0n) is 12.9. The summed E-state index contributed by atoms with van der Waals surface area (Å²) in [7, 11) is 0. The quantitative estimate of drug-likeness (QED) is 0.886. The summed E-state index contributed by atoms with van der Waals surface area (Å²) in [6, 6.07) is 14.4. The second kappa shape index (κ2) is 6.55. The largest absolute Gasteiger partial charge is 0.294 e. The minimum Gasteiger partial charge on any atom is -0.294 e. The van der Waals surface area contributed by atoms with Gasteiger partial charge in [-0.15, -0.1) is 0 Å². The second-order valence-electron chi connectivity index (χ2n) is 5.39. The Hall–Kier alpha value is -2.12. The molecule has 0 aliphatic rings. The van der Waals surface area contributed by atoms with E-state index in [1.807, 2.05) is 54.9 Å². The summed E-state index contributed by atoms with van der Waals surface area (Å²) in [4.78, 5) is 0. The van der Waals surface area contributed by atoms with Gasteiger partial charge in [0, 0.05) is 5.69 Å². The fraction of sp³-hybridized carbons (Fsp3) is 0.412. The van der Waals surface area contributed by atoms with Crippen molar-refractivity contribution in [3.8, 4) is 6.07 Å². The third kappa shape index (κ3) is 3.32. The van der Waals surface area contributed by atoms with Crippen molar-refractivity contribution in [1.29, 1.82) is 5.26 Å². The summed E-state index contributed by atoms with van der Waals surface area (Å²) in [6.45, 7) is 7.39. The second-order valence-corrected chi connectivity index (χ2v) is 5.39. The molecule has 0 radical (unpaired) electrons. The molecule has 2 aromatic rings. The summed E-state index contributed by atoms with van der Waals surface area (Å²) < 4.78 is 1.91. The minimum absolute atomic E-state index is 0.507. The maximum Gasteiger partial charge on any atom is 0.152 e. The van der Waals surface area contributed by atoms with Crippen molar-refractivity contribution >= 4 is 0 Å². The summed E-state index contributed by atoms with van der Waals surface area (Å²) in [5.74, 6) is 0. The number of hydrogen-bond donors (Lipinski definition) is 1. The van der Waals surface area contributed by atoms with Gasteiger partial charge in [0.2, 0.25) is 0 Å². The van der Waals surface area contributed by atoms with Crippen LogP contribution in [-0.4, -0.2) is 16.3 Å². The van der Waals surface area contributed by atoms with Gasteiger partial charge in [-0.2, -0.15) is 10.4 Å². The molecule has 0 amide bonds. The first-order valence-corrected chi connectivity index (χ1v) is 7.34. The van der Waals surface area contributed by atoms with E-state index in [0.717, 1.165) is 29.9 Å². The molecule has 1 aromatic heterocycles. The molecule has 0 fully saturated rings. The molecule has 4 nitrogen and oxygen atoms in total. The van der Waals surface area contributed by atoms with Crippen molar-refractivity contribution in [2.45, 2.75) is 39.3 Å². The molecule has 0 spiro atoms. The third-order valence-electron chi connectivity index (χ3n) is 3.62. The lowest BCUT2D eigenvalue weighted by atomic mass is 9.91. The van der Waals surface area contributed by atoms with Crippen molar-refractivity contribution in [2.75, 3.05) is 6.54 Å². The van der Waals surface area contributed by atoms with Gasteiger partial charge < -0.3 is 0 Å². The summed E-state index contributed by atoms with van der Waals surface area (Å²) in [5, 5.41) is 17.8. The lowest BCUT2D eigenvalue weighted by Crippen LogP contribution is -2.45.